The van der Waals surface area contributed by atoms with Crippen LogP contribution in [-0.2, 0) is 11.2 Å². The van der Waals surface area contributed by atoms with Crippen molar-refractivity contribution in [3.05, 3.63) is 84.4 Å². The molecule has 0 saturated carbocycles. The van der Waals surface area contributed by atoms with Crippen LogP contribution in [-0.4, -0.2) is 24.9 Å². The summed E-state index contributed by atoms with van der Waals surface area (Å²) in [4.78, 5) is 0. The Hall–Kier alpha value is -2.68. The number of hydrogen-bond acceptors (Lipinski definition) is 2. The van der Waals surface area contributed by atoms with E-state index in [9.17, 15) is 0 Å². The van der Waals surface area contributed by atoms with Crippen LogP contribution in [0, 0.1) is 0 Å². The van der Waals surface area contributed by atoms with E-state index in [0.717, 1.165) is 6.42 Å². The Morgan fingerprint density at radius 1 is 0.654 bits per heavy atom. The first-order valence-electron chi connectivity index (χ1n) is 9.05. The third-order valence-electron chi connectivity index (χ3n) is 4.77. The van der Waals surface area contributed by atoms with Gasteiger partial charge in [0.25, 0.3) is 0 Å². The summed E-state index contributed by atoms with van der Waals surface area (Å²) in [5, 5.41) is 13.9. The van der Waals surface area contributed by atoms with Gasteiger partial charge in [0.2, 0.25) is 0 Å². The smallest absolute Gasteiger partial charge is 0.0697 e. The molecule has 4 aromatic rings. The van der Waals surface area contributed by atoms with E-state index < -0.39 is 0 Å². The van der Waals surface area contributed by atoms with Crippen LogP contribution in [0.5, 0.6) is 0 Å². The van der Waals surface area contributed by atoms with E-state index in [-0.39, 0.29) is 6.61 Å². The molecular weight excluding hydrogens is 320 g/mol. The van der Waals surface area contributed by atoms with Crippen molar-refractivity contribution >= 4 is 21.5 Å². The predicted octanol–water partition coefficient (Wildman–Crippen LogP) is 5.21. The van der Waals surface area contributed by atoms with E-state index >= 15 is 0 Å². The van der Waals surface area contributed by atoms with Crippen LogP contribution in [0.3, 0.4) is 0 Å². The zero-order chi connectivity index (χ0) is 17.8. The number of aliphatic hydroxyl groups excluding tert-OH is 1. The Morgan fingerprint density at radius 2 is 1.35 bits per heavy atom. The highest BCUT2D eigenvalue weighted by molar-refractivity contribution is 6.05. The molecule has 2 nitrogen and oxygen atoms in total. The van der Waals surface area contributed by atoms with E-state index in [1.54, 1.807) is 0 Å². The van der Waals surface area contributed by atoms with Crippen molar-refractivity contribution < 1.29 is 9.84 Å². The maximum atomic E-state index is 8.87. The summed E-state index contributed by atoms with van der Waals surface area (Å²) in [5.41, 5.74) is 3.78. The average Bonchev–Trinajstić information content (AvgIpc) is 2.70. The maximum Gasteiger partial charge on any atom is 0.0697 e. The summed E-state index contributed by atoms with van der Waals surface area (Å²) in [6, 6.07) is 28.1. The van der Waals surface area contributed by atoms with Crippen molar-refractivity contribution in [2.75, 3.05) is 19.8 Å². The van der Waals surface area contributed by atoms with Crippen LogP contribution in [0.1, 0.15) is 5.56 Å². The standard InChI is InChI=1S/C24H22O2/c25-13-15-26-14-12-18-16-20-7-2-4-10-22(20)24(17-18)23-11-5-8-19-6-1-3-9-21(19)23/h1-11,16-17,25H,12-15H2. The summed E-state index contributed by atoms with van der Waals surface area (Å²) in [7, 11) is 0. The van der Waals surface area contributed by atoms with Crippen LogP contribution >= 0.6 is 0 Å². The Labute approximate surface area is 153 Å². The van der Waals surface area contributed by atoms with Gasteiger partial charge < -0.3 is 9.84 Å². The largest absolute Gasteiger partial charge is 0.394 e. The van der Waals surface area contributed by atoms with Gasteiger partial charge in [0.05, 0.1) is 19.8 Å². The maximum absolute atomic E-state index is 8.87. The second-order valence-electron chi connectivity index (χ2n) is 6.48. The van der Waals surface area contributed by atoms with Crippen LogP contribution in [0.2, 0.25) is 0 Å². The van der Waals surface area contributed by atoms with Gasteiger partial charge in [-0.1, -0.05) is 78.9 Å². The van der Waals surface area contributed by atoms with Crippen molar-refractivity contribution in [2.45, 2.75) is 6.42 Å². The lowest BCUT2D eigenvalue weighted by atomic mass is 9.92. The Balaban J connectivity index is 1.84. The fourth-order valence-corrected chi connectivity index (χ4v) is 3.56. The van der Waals surface area contributed by atoms with E-state index in [1.165, 1.54) is 38.2 Å². The highest BCUT2D eigenvalue weighted by atomic mass is 16.5. The van der Waals surface area contributed by atoms with Gasteiger partial charge in [0, 0.05) is 0 Å². The van der Waals surface area contributed by atoms with E-state index in [1.807, 2.05) is 0 Å². The monoisotopic (exact) mass is 342 g/mol. The minimum absolute atomic E-state index is 0.0684. The average molecular weight is 342 g/mol. The number of hydrogen-bond donors (Lipinski definition) is 1. The van der Waals surface area contributed by atoms with Gasteiger partial charge in [0.15, 0.2) is 0 Å². The van der Waals surface area contributed by atoms with Crippen LogP contribution < -0.4 is 0 Å². The molecule has 0 aliphatic rings. The summed E-state index contributed by atoms with van der Waals surface area (Å²) in [6.45, 7) is 1.08. The highest BCUT2D eigenvalue weighted by Gasteiger charge is 2.09. The van der Waals surface area contributed by atoms with Crippen molar-refractivity contribution in [2.24, 2.45) is 0 Å². The number of benzene rings is 4. The molecule has 0 fully saturated rings. The lowest BCUT2D eigenvalue weighted by molar-refractivity contribution is 0.0944. The fourth-order valence-electron chi connectivity index (χ4n) is 3.56. The minimum atomic E-state index is 0.0684. The molecule has 0 amide bonds. The normalized spacial score (nSPS) is 11.3. The van der Waals surface area contributed by atoms with Gasteiger partial charge >= 0.3 is 0 Å². The van der Waals surface area contributed by atoms with Gasteiger partial charge in [-0.15, -0.1) is 0 Å². The third kappa shape index (κ3) is 3.34. The van der Waals surface area contributed by atoms with Crippen molar-refractivity contribution in [1.82, 2.24) is 0 Å². The predicted molar refractivity (Wildman–Crippen MR) is 108 cm³/mol. The quantitative estimate of drug-likeness (QED) is 0.487. The summed E-state index contributed by atoms with van der Waals surface area (Å²) in [5.74, 6) is 0. The number of ether oxygens (including phenoxy) is 1. The molecule has 0 atom stereocenters. The molecule has 130 valence electrons. The SMILES string of the molecule is OCCOCCc1cc(-c2cccc3ccccc23)c2ccccc2c1. The molecule has 4 rings (SSSR count). The molecule has 4 aromatic carbocycles. The zero-order valence-electron chi connectivity index (χ0n) is 14.7. The Bertz CT molecular complexity index is 1030. The summed E-state index contributed by atoms with van der Waals surface area (Å²) < 4.78 is 5.46. The van der Waals surface area contributed by atoms with Gasteiger partial charge in [-0.3, -0.25) is 0 Å². The summed E-state index contributed by atoms with van der Waals surface area (Å²) in [6.07, 6.45) is 0.836. The molecule has 0 saturated heterocycles. The van der Waals surface area contributed by atoms with Crippen molar-refractivity contribution in [3.8, 4) is 11.1 Å². The Morgan fingerprint density at radius 3 is 2.15 bits per heavy atom. The molecule has 0 unspecified atom stereocenters. The number of fused-ring (bicyclic) bond motifs is 2. The molecule has 26 heavy (non-hydrogen) atoms. The van der Waals surface area contributed by atoms with E-state index in [2.05, 4.69) is 78.9 Å². The second-order valence-corrected chi connectivity index (χ2v) is 6.48. The van der Waals surface area contributed by atoms with Gasteiger partial charge in [0.1, 0.15) is 0 Å². The van der Waals surface area contributed by atoms with Crippen LogP contribution in [0.25, 0.3) is 32.7 Å². The lowest BCUT2D eigenvalue weighted by Crippen LogP contribution is -2.03. The molecule has 0 bridgehead atoms. The van der Waals surface area contributed by atoms with Gasteiger partial charge in [-0.2, -0.15) is 0 Å². The molecule has 1 N–H and O–H groups in total. The van der Waals surface area contributed by atoms with Crippen molar-refractivity contribution in [3.63, 3.8) is 0 Å². The molecule has 0 radical (unpaired) electrons. The van der Waals surface area contributed by atoms with E-state index in [4.69, 9.17) is 9.84 Å². The van der Waals surface area contributed by atoms with E-state index in [0.29, 0.717) is 13.2 Å². The van der Waals surface area contributed by atoms with Crippen LogP contribution in [0.4, 0.5) is 0 Å². The molecule has 0 spiro atoms. The van der Waals surface area contributed by atoms with Crippen molar-refractivity contribution in [1.29, 1.82) is 0 Å². The van der Waals surface area contributed by atoms with Gasteiger partial charge in [-0.25, -0.2) is 0 Å². The molecule has 0 aromatic heterocycles. The fraction of sp³-hybridized carbons (Fsp3) is 0.167. The van der Waals surface area contributed by atoms with Gasteiger partial charge in [-0.05, 0) is 44.7 Å². The topological polar surface area (TPSA) is 29.5 Å². The molecule has 0 aliphatic heterocycles. The van der Waals surface area contributed by atoms with Crippen LogP contribution in [0.15, 0.2) is 78.9 Å². The molecule has 2 heteroatoms. The third-order valence-corrected chi connectivity index (χ3v) is 4.77. The Kier molecular flexibility index (Phi) is 4.96. The molecule has 0 heterocycles. The first kappa shape index (κ1) is 16.8. The molecular formula is C24H22O2. The number of aliphatic hydroxyl groups is 1. The second kappa shape index (κ2) is 7.69. The molecule has 0 aliphatic carbocycles. The first-order valence-corrected chi connectivity index (χ1v) is 9.05. The lowest BCUT2D eigenvalue weighted by Gasteiger charge is -2.13. The zero-order valence-corrected chi connectivity index (χ0v) is 14.7. The summed E-state index contributed by atoms with van der Waals surface area (Å²) >= 11 is 0. The minimum Gasteiger partial charge on any atom is -0.394 e. The number of rotatable bonds is 6. The highest BCUT2D eigenvalue weighted by Crippen LogP contribution is 2.35. The first-order chi connectivity index (χ1) is 12.9.